The van der Waals surface area contributed by atoms with Gasteiger partial charge in [0.25, 0.3) is 11.2 Å². The molecule has 212 valence electrons. The lowest BCUT2D eigenvalue weighted by atomic mass is 9.96. The number of aromatic nitrogens is 2. The molecule has 4 rings (SSSR count). The molecule has 11 nitrogen and oxygen atoms in total. The van der Waals surface area contributed by atoms with Crippen LogP contribution < -0.4 is 15.0 Å². The number of rotatable bonds is 9. The predicted molar refractivity (Wildman–Crippen MR) is 155 cm³/mol. The van der Waals surface area contributed by atoms with Crippen molar-refractivity contribution in [2.45, 2.75) is 39.7 Å². The molecular formula is C30H30N4O7. The number of nitro groups is 1. The molecule has 0 aliphatic heterocycles. The van der Waals surface area contributed by atoms with E-state index in [4.69, 9.17) is 19.2 Å². The molecule has 0 fully saturated rings. The number of non-ortho nitro benzene ring substituents is 1. The van der Waals surface area contributed by atoms with Crippen molar-refractivity contribution in [3.63, 3.8) is 0 Å². The molecule has 0 radical (unpaired) electrons. The fourth-order valence-corrected chi connectivity index (χ4v) is 4.35. The van der Waals surface area contributed by atoms with E-state index < -0.39 is 22.6 Å². The summed E-state index contributed by atoms with van der Waals surface area (Å²) in [6.07, 6.45) is 0.279. The standard InChI is InChI=1S/C30H30N4O7/c1-17(2)23-15-24(18(3)13-27(23)39-5)28-32-25-10-8-7-9-22(25)29(35)33(28)31-16-20-14-21(34(37)38)11-12-26(20)41-19(4)30(36)40-6/h7-17,19H,1-6H3/t19-/m0/s1. The Labute approximate surface area is 236 Å². The molecule has 0 N–H and O–H groups in total. The number of nitrogens with zero attached hydrogens (tertiary/aromatic N) is 4. The van der Waals surface area contributed by atoms with Crippen molar-refractivity contribution in [3.8, 4) is 22.9 Å². The summed E-state index contributed by atoms with van der Waals surface area (Å²) in [5, 5.41) is 16.3. The van der Waals surface area contributed by atoms with Crippen LogP contribution in [-0.2, 0) is 9.53 Å². The van der Waals surface area contributed by atoms with Gasteiger partial charge in [-0.1, -0.05) is 26.0 Å². The minimum atomic E-state index is -0.995. The highest BCUT2D eigenvalue weighted by molar-refractivity contribution is 5.86. The highest BCUT2D eigenvalue weighted by Crippen LogP contribution is 2.34. The smallest absolute Gasteiger partial charge is 0.346 e. The van der Waals surface area contributed by atoms with Crippen LogP contribution in [0.2, 0.25) is 0 Å². The third-order valence-corrected chi connectivity index (χ3v) is 6.55. The molecular weight excluding hydrogens is 528 g/mol. The van der Waals surface area contributed by atoms with Crippen LogP contribution in [0.25, 0.3) is 22.3 Å². The first-order valence-electron chi connectivity index (χ1n) is 12.8. The summed E-state index contributed by atoms with van der Waals surface area (Å²) in [4.78, 5) is 41.4. The average Bonchev–Trinajstić information content (AvgIpc) is 2.96. The first-order valence-corrected chi connectivity index (χ1v) is 12.8. The number of carbonyl (C=O) groups excluding carboxylic acids is 1. The second-order valence-corrected chi connectivity index (χ2v) is 9.64. The van der Waals surface area contributed by atoms with Crippen molar-refractivity contribution >= 4 is 28.8 Å². The van der Waals surface area contributed by atoms with E-state index in [1.807, 2.05) is 32.9 Å². The molecule has 11 heteroatoms. The topological polar surface area (TPSA) is 135 Å². The van der Waals surface area contributed by atoms with Crippen LogP contribution in [0.1, 0.15) is 43.4 Å². The molecule has 0 aliphatic rings. The second-order valence-electron chi connectivity index (χ2n) is 9.64. The number of hydrogen-bond acceptors (Lipinski definition) is 9. The summed E-state index contributed by atoms with van der Waals surface area (Å²) in [6, 6.07) is 14.6. The maximum absolute atomic E-state index is 13.7. The first-order chi connectivity index (χ1) is 19.5. The molecule has 0 spiro atoms. The number of ether oxygens (including phenoxy) is 3. The number of fused-ring (bicyclic) bond motifs is 1. The number of esters is 1. The zero-order chi connectivity index (χ0) is 29.8. The SMILES string of the molecule is COC(=O)[C@H](C)Oc1ccc([N+](=O)[O-])cc1C=Nn1c(-c2cc(C(C)C)c(OC)cc2C)nc2ccccc2c1=O. The van der Waals surface area contributed by atoms with Gasteiger partial charge in [0.05, 0.1) is 36.3 Å². The van der Waals surface area contributed by atoms with E-state index >= 15 is 0 Å². The van der Waals surface area contributed by atoms with Crippen LogP contribution in [0.3, 0.4) is 0 Å². The fraction of sp³-hybridized carbons (Fsp3) is 0.267. The summed E-state index contributed by atoms with van der Waals surface area (Å²) in [5.41, 5.74) is 2.42. The van der Waals surface area contributed by atoms with Crippen LogP contribution in [-0.4, -0.2) is 47.1 Å². The molecule has 41 heavy (non-hydrogen) atoms. The van der Waals surface area contributed by atoms with Crippen molar-refractivity contribution in [1.82, 2.24) is 9.66 Å². The van der Waals surface area contributed by atoms with Crippen molar-refractivity contribution in [1.29, 1.82) is 0 Å². The lowest BCUT2D eigenvalue weighted by Gasteiger charge is -2.17. The van der Waals surface area contributed by atoms with E-state index in [1.165, 1.54) is 38.4 Å². The Balaban J connectivity index is 1.96. The van der Waals surface area contributed by atoms with Gasteiger partial charge in [-0.15, -0.1) is 0 Å². The Kier molecular flexibility index (Phi) is 8.46. The van der Waals surface area contributed by atoms with Gasteiger partial charge in [-0.3, -0.25) is 14.9 Å². The van der Waals surface area contributed by atoms with Crippen molar-refractivity contribution in [2.75, 3.05) is 14.2 Å². The van der Waals surface area contributed by atoms with Crippen LogP contribution in [0.15, 0.2) is 64.5 Å². The van der Waals surface area contributed by atoms with Gasteiger partial charge < -0.3 is 14.2 Å². The van der Waals surface area contributed by atoms with Gasteiger partial charge in [0.2, 0.25) is 0 Å². The van der Waals surface area contributed by atoms with E-state index in [2.05, 4.69) is 5.10 Å². The van der Waals surface area contributed by atoms with Gasteiger partial charge >= 0.3 is 5.97 Å². The molecule has 0 amide bonds. The zero-order valence-corrected chi connectivity index (χ0v) is 23.6. The highest BCUT2D eigenvalue weighted by Gasteiger charge is 2.20. The van der Waals surface area contributed by atoms with Gasteiger partial charge in [-0.2, -0.15) is 9.78 Å². The molecule has 0 saturated carbocycles. The number of methoxy groups -OCH3 is 2. The largest absolute Gasteiger partial charge is 0.496 e. The van der Waals surface area contributed by atoms with E-state index in [9.17, 15) is 19.7 Å². The average molecular weight is 559 g/mol. The Morgan fingerprint density at radius 3 is 2.46 bits per heavy atom. The zero-order valence-electron chi connectivity index (χ0n) is 23.6. The number of nitro benzene ring substituents is 1. The molecule has 0 unspecified atom stereocenters. The van der Waals surface area contributed by atoms with Crippen molar-refractivity contribution in [3.05, 3.63) is 91.8 Å². The number of para-hydroxylation sites is 1. The lowest BCUT2D eigenvalue weighted by molar-refractivity contribution is -0.384. The molecule has 3 aromatic carbocycles. The van der Waals surface area contributed by atoms with E-state index in [1.54, 1.807) is 31.4 Å². The number of benzene rings is 3. The molecule has 0 aliphatic carbocycles. The minimum absolute atomic E-state index is 0.120. The van der Waals surface area contributed by atoms with Crippen molar-refractivity contribution in [2.24, 2.45) is 5.10 Å². The van der Waals surface area contributed by atoms with Gasteiger partial charge in [-0.25, -0.2) is 9.78 Å². The van der Waals surface area contributed by atoms with Crippen LogP contribution >= 0.6 is 0 Å². The number of hydrogen-bond donors (Lipinski definition) is 0. The Morgan fingerprint density at radius 1 is 1.07 bits per heavy atom. The Morgan fingerprint density at radius 2 is 1.80 bits per heavy atom. The van der Waals surface area contributed by atoms with Gasteiger partial charge in [-0.05, 0) is 61.2 Å². The Hall–Kier alpha value is -5.06. The van der Waals surface area contributed by atoms with Crippen LogP contribution in [0, 0.1) is 17.0 Å². The summed E-state index contributed by atoms with van der Waals surface area (Å²) in [5.74, 6) is 0.637. The second kappa shape index (κ2) is 12.0. The van der Waals surface area contributed by atoms with Gasteiger partial charge in [0.15, 0.2) is 11.9 Å². The normalized spacial score (nSPS) is 12.1. The monoisotopic (exact) mass is 558 g/mol. The number of carbonyl (C=O) groups is 1. The number of aryl methyl sites for hydroxylation is 1. The van der Waals surface area contributed by atoms with Crippen LogP contribution in [0.4, 0.5) is 5.69 Å². The maximum atomic E-state index is 13.7. The molecule has 4 aromatic rings. The maximum Gasteiger partial charge on any atom is 0.346 e. The van der Waals surface area contributed by atoms with E-state index in [0.717, 1.165) is 21.6 Å². The summed E-state index contributed by atoms with van der Waals surface area (Å²) in [6.45, 7) is 7.45. The van der Waals surface area contributed by atoms with Gasteiger partial charge in [0, 0.05) is 23.3 Å². The Bertz CT molecular complexity index is 1730. The summed E-state index contributed by atoms with van der Waals surface area (Å²) in [7, 11) is 2.83. The predicted octanol–water partition coefficient (Wildman–Crippen LogP) is 5.23. The molecule has 1 heterocycles. The van der Waals surface area contributed by atoms with E-state index in [-0.39, 0.29) is 28.7 Å². The molecule has 1 aromatic heterocycles. The summed E-state index contributed by atoms with van der Waals surface area (Å²) >= 11 is 0. The fourth-order valence-electron chi connectivity index (χ4n) is 4.35. The quantitative estimate of drug-likeness (QED) is 0.118. The molecule has 0 bridgehead atoms. The van der Waals surface area contributed by atoms with Crippen LogP contribution in [0.5, 0.6) is 11.5 Å². The van der Waals surface area contributed by atoms with Crippen molar-refractivity contribution < 1.29 is 23.9 Å². The minimum Gasteiger partial charge on any atom is -0.496 e. The lowest BCUT2D eigenvalue weighted by Crippen LogP contribution is -2.25. The summed E-state index contributed by atoms with van der Waals surface area (Å²) < 4.78 is 17.2. The third-order valence-electron chi connectivity index (χ3n) is 6.55. The van der Waals surface area contributed by atoms with Gasteiger partial charge in [0.1, 0.15) is 11.5 Å². The highest BCUT2D eigenvalue weighted by atomic mass is 16.6. The third kappa shape index (κ3) is 5.93. The molecule has 1 atom stereocenters. The molecule has 0 saturated heterocycles. The first kappa shape index (κ1) is 28.9. The van der Waals surface area contributed by atoms with E-state index in [0.29, 0.717) is 16.5 Å².